The van der Waals surface area contributed by atoms with Crippen molar-refractivity contribution in [1.82, 2.24) is 4.98 Å². The van der Waals surface area contributed by atoms with Crippen LogP contribution in [0.5, 0.6) is 5.75 Å². The molecule has 0 unspecified atom stereocenters. The van der Waals surface area contributed by atoms with Crippen LogP contribution in [0.3, 0.4) is 0 Å². The molecule has 0 saturated carbocycles. The number of anilines is 1. The number of amides is 1. The van der Waals surface area contributed by atoms with E-state index in [0.717, 1.165) is 5.75 Å². The molecular formula is C17H16N2O4. The van der Waals surface area contributed by atoms with E-state index in [0.29, 0.717) is 36.2 Å². The van der Waals surface area contributed by atoms with Crippen molar-refractivity contribution in [1.29, 1.82) is 0 Å². The van der Waals surface area contributed by atoms with Crippen LogP contribution < -0.4 is 15.8 Å². The van der Waals surface area contributed by atoms with Crippen molar-refractivity contribution in [2.45, 2.75) is 12.8 Å². The number of ether oxygens (including phenoxy) is 1. The summed E-state index contributed by atoms with van der Waals surface area (Å²) in [5.74, 6) is 0.0859. The van der Waals surface area contributed by atoms with Gasteiger partial charge in [0.1, 0.15) is 5.75 Å². The van der Waals surface area contributed by atoms with Crippen LogP contribution in [0.2, 0.25) is 0 Å². The number of nitrogens with one attached hydrogen (secondary N) is 2. The van der Waals surface area contributed by atoms with Crippen LogP contribution in [0.4, 0.5) is 5.69 Å². The van der Waals surface area contributed by atoms with E-state index in [2.05, 4.69) is 10.3 Å². The van der Waals surface area contributed by atoms with E-state index in [1.807, 2.05) is 30.3 Å². The first-order chi connectivity index (χ1) is 11.2. The Bertz CT molecular complexity index is 852. The Balaban J connectivity index is 1.52. The summed E-state index contributed by atoms with van der Waals surface area (Å²) in [6.07, 6.45) is 0.908. The molecule has 23 heavy (non-hydrogen) atoms. The number of aromatic nitrogens is 1. The van der Waals surface area contributed by atoms with Crippen molar-refractivity contribution in [2.24, 2.45) is 0 Å². The molecule has 0 radical (unpaired) electrons. The molecule has 6 nitrogen and oxygen atoms in total. The minimum absolute atomic E-state index is 0.155. The zero-order valence-electron chi connectivity index (χ0n) is 12.4. The van der Waals surface area contributed by atoms with Gasteiger partial charge in [-0.05, 0) is 30.7 Å². The average Bonchev–Trinajstić information content (AvgIpc) is 2.94. The Kier molecular flexibility index (Phi) is 4.42. The quantitative estimate of drug-likeness (QED) is 0.685. The SMILES string of the molecule is O=C(CCCOc1ccccc1)Nc1cccc2[nH]c(=O)oc12. The smallest absolute Gasteiger partial charge is 0.417 e. The normalized spacial score (nSPS) is 10.6. The van der Waals surface area contributed by atoms with Gasteiger partial charge in [0.15, 0.2) is 5.58 Å². The molecule has 1 amide bonds. The molecule has 0 aliphatic heterocycles. The van der Waals surface area contributed by atoms with Gasteiger partial charge in [-0.1, -0.05) is 24.3 Å². The number of carbonyl (C=O) groups is 1. The second-order valence-electron chi connectivity index (χ2n) is 5.01. The monoisotopic (exact) mass is 312 g/mol. The van der Waals surface area contributed by atoms with Crippen molar-refractivity contribution in [2.75, 3.05) is 11.9 Å². The van der Waals surface area contributed by atoms with Crippen LogP contribution >= 0.6 is 0 Å². The van der Waals surface area contributed by atoms with Gasteiger partial charge in [-0.2, -0.15) is 0 Å². The average molecular weight is 312 g/mol. The lowest BCUT2D eigenvalue weighted by molar-refractivity contribution is -0.116. The van der Waals surface area contributed by atoms with Crippen molar-refractivity contribution in [3.05, 3.63) is 59.1 Å². The molecule has 3 aromatic rings. The summed E-state index contributed by atoms with van der Waals surface area (Å²) in [4.78, 5) is 25.7. The molecule has 0 atom stereocenters. The van der Waals surface area contributed by atoms with Crippen molar-refractivity contribution >= 4 is 22.7 Å². The molecule has 118 valence electrons. The first-order valence-corrected chi connectivity index (χ1v) is 7.32. The van der Waals surface area contributed by atoms with E-state index >= 15 is 0 Å². The lowest BCUT2D eigenvalue weighted by Crippen LogP contribution is -2.13. The van der Waals surface area contributed by atoms with Gasteiger partial charge in [-0.15, -0.1) is 0 Å². The predicted octanol–water partition coefficient (Wildman–Crippen LogP) is 2.92. The fourth-order valence-corrected chi connectivity index (χ4v) is 2.22. The molecule has 0 fully saturated rings. The molecule has 0 aliphatic rings. The number of para-hydroxylation sites is 2. The van der Waals surface area contributed by atoms with E-state index in [1.54, 1.807) is 18.2 Å². The zero-order chi connectivity index (χ0) is 16.1. The highest BCUT2D eigenvalue weighted by Crippen LogP contribution is 2.20. The highest BCUT2D eigenvalue weighted by Gasteiger charge is 2.09. The number of hydrogen-bond acceptors (Lipinski definition) is 4. The molecule has 3 rings (SSSR count). The van der Waals surface area contributed by atoms with Gasteiger partial charge >= 0.3 is 5.76 Å². The third-order valence-corrected chi connectivity index (χ3v) is 3.28. The summed E-state index contributed by atoms with van der Waals surface area (Å²) < 4.78 is 10.6. The van der Waals surface area contributed by atoms with Gasteiger partial charge in [-0.3, -0.25) is 9.78 Å². The molecular weight excluding hydrogens is 296 g/mol. The van der Waals surface area contributed by atoms with E-state index < -0.39 is 5.76 Å². The third kappa shape index (κ3) is 3.79. The summed E-state index contributed by atoms with van der Waals surface area (Å²) in [7, 11) is 0. The van der Waals surface area contributed by atoms with E-state index in [4.69, 9.17) is 9.15 Å². The molecule has 0 aliphatic carbocycles. The Morgan fingerprint density at radius 2 is 1.96 bits per heavy atom. The first-order valence-electron chi connectivity index (χ1n) is 7.32. The number of H-pyrrole nitrogens is 1. The van der Waals surface area contributed by atoms with Gasteiger partial charge in [0, 0.05) is 6.42 Å². The summed E-state index contributed by atoms with van der Waals surface area (Å²) in [5, 5.41) is 2.75. The number of benzene rings is 2. The van der Waals surface area contributed by atoms with Crippen LogP contribution in [0.15, 0.2) is 57.7 Å². The van der Waals surface area contributed by atoms with Gasteiger partial charge in [0.05, 0.1) is 17.8 Å². The fourth-order valence-electron chi connectivity index (χ4n) is 2.22. The maximum absolute atomic E-state index is 12.0. The van der Waals surface area contributed by atoms with Gasteiger partial charge in [0.25, 0.3) is 0 Å². The minimum Gasteiger partial charge on any atom is -0.494 e. The van der Waals surface area contributed by atoms with Gasteiger partial charge in [-0.25, -0.2) is 4.79 Å². The van der Waals surface area contributed by atoms with Gasteiger partial charge in [0.2, 0.25) is 5.91 Å². The highest BCUT2D eigenvalue weighted by molar-refractivity contribution is 5.98. The lowest BCUT2D eigenvalue weighted by atomic mass is 10.2. The standard InChI is InChI=1S/C17H16N2O4/c20-15(10-5-11-22-12-6-2-1-3-7-12)18-13-8-4-9-14-16(13)23-17(21)19-14/h1-4,6-9H,5,10-11H2,(H,18,20)(H,19,21). The number of fused-ring (bicyclic) bond motifs is 1. The van der Waals surface area contributed by atoms with Crippen LogP contribution in [-0.4, -0.2) is 17.5 Å². The Morgan fingerprint density at radius 3 is 2.78 bits per heavy atom. The zero-order valence-corrected chi connectivity index (χ0v) is 12.4. The van der Waals surface area contributed by atoms with E-state index in [-0.39, 0.29) is 5.91 Å². The Labute approximate surface area is 132 Å². The highest BCUT2D eigenvalue weighted by atomic mass is 16.5. The first kappa shape index (κ1) is 14.9. The summed E-state index contributed by atoms with van der Waals surface area (Å²) >= 11 is 0. The largest absolute Gasteiger partial charge is 0.494 e. The number of rotatable bonds is 6. The molecule has 0 saturated heterocycles. The second-order valence-corrected chi connectivity index (χ2v) is 5.01. The third-order valence-electron chi connectivity index (χ3n) is 3.28. The second kappa shape index (κ2) is 6.83. The van der Waals surface area contributed by atoms with Crippen LogP contribution in [0, 0.1) is 0 Å². The molecule has 1 heterocycles. The molecule has 0 bridgehead atoms. The summed E-state index contributed by atoms with van der Waals surface area (Å²) in [6, 6.07) is 14.6. The lowest BCUT2D eigenvalue weighted by Gasteiger charge is -2.07. The maximum atomic E-state index is 12.0. The Hall–Kier alpha value is -3.02. The minimum atomic E-state index is -0.544. The van der Waals surface area contributed by atoms with E-state index in [1.165, 1.54) is 0 Å². The van der Waals surface area contributed by atoms with Crippen LogP contribution in [0.1, 0.15) is 12.8 Å². The topological polar surface area (TPSA) is 84.3 Å². The van der Waals surface area contributed by atoms with Crippen LogP contribution in [0.25, 0.3) is 11.1 Å². The van der Waals surface area contributed by atoms with Gasteiger partial charge < -0.3 is 14.5 Å². The number of hydrogen-bond donors (Lipinski definition) is 2. The number of oxazole rings is 1. The van der Waals surface area contributed by atoms with Crippen molar-refractivity contribution in [3.8, 4) is 5.75 Å². The van der Waals surface area contributed by atoms with E-state index in [9.17, 15) is 9.59 Å². The predicted molar refractivity (Wildman–Crippen MR) is 86.6 cm³/mol. The number of aromatic amines is 1. The molecule has 2 N–H and O–H groups in total. The fraction of sp³-hybridized carbons (Fsp3) is 0.176. The molecule has 1 aromatic heterocycles. The molecule has 2 aromatic carbocycles. The molecule has 6 heteroatoms. The van der Waals surface area contributed by atoms with Crippen molar-refractivity contribution in [3.63, 3.8) is 0 Å². The maximum Gasteiger partial charge on any atom is 0.417 e. The Morgan fingerprint density at radius 1 is 1.13 bits per heavy atom. The van der Waals surface area contributed by atoms with Crippen molar-refractivity contribution < 1.29 is 13.9 Å². The number of carbonyl (C=O) groups excluding carboxylic acids is 1. The summed E-state index contributed by atoms with van der Waals surface area (Å²) in [6.45, 7) is 0.459. The molecule has 0 spiro atoms. The van der Waals surface area contributed by atoms with Crippen LogP contribution in [-0.2, 0) is 4.79 Å². The summed E-state index contributed by atoms with van der Waals surface area (Å²) in [5.41, 5.74) is 1.39.